The normalized spacial score (nSPS) is 11.7. The van der Waals surface area contributed by atoms with Gasteiger partial charge in [-0.2, -0.15) is 4.80 Å². The predicted octanol–water partition coefficient (Wildman–Crippen LogP) is 4.28. The fourth-order valence-electron chi connectivity index (χ4n) is 2.49. The highest BCUT2D eigenvalue weighted by Crippen LogP contribution is 2.24. The van der Waals surface area contributed by atoms with Crippen LogP contribution in [0.25, 0.3) is 16.7 Å². The lowest BCUT2D eigenvalue weighted by Gasteiger charge is -2.18. The van der Waals surface area contributed by atoms with Crippen molar-refractivity contribution >= 4 is 22.6 Å². The van der Waals surface area contributed by atoms with Gasteiger partial charge in [0, 0.05) is 11.1 Å². The van der Waals surface area contributed by atoms with Gasteiger partial charge in [-0.15, -0.1) is 10.2 Å². The lowest BCUT2D eigenvalue weighted by Crippen LogP contribution is -2.27. The van der Waals surface area contributed by atoms with Crippen LogP contribution >= 0.6 is 0 Å². The summed E-state index contributed by atoms with van der Waals surface area (Å²) in [5.74, 6) is -0.0162. The Hall–Kier alpha value is -2.69. The van der Waals surface area contributed by atoms with E-state index in [1.807, 2.05) is 52.0 Å². The number of amides is 1. The first-order valence-electron chi connectivity index (χ1n) is 8.56. The van der Waals surface area contributed by atoms with Crippen molar-refractivity contribution in [3.63, 3.8) is 0 Å². The van der Waals surface area contributed by atoms with Gasteiger partial charge >= 0.3 is 0 Å². The summed E-state index contributed by atoms with van der Waals surface area (Å²) in [7, 11) is 0. The van der Waals surface area contributed by atoms with Crippen molar-refractivity contribution < 1.29 is 4.79 Å². The molecule has 0 aliphatic rings. The first-order valence-corrected chi connectivity index (χ1v) is 8.56. The van der Waals surface area contributed by atoms with Crippen molar-refractivity contribution in [2.24, 2.45) is 5.41 Å². The molecule has 0 saturated heterocycles. The molecule has 0 bridgehead atoms. The van der Waals surface area contributed by atoms with Crippen LogP contribution in [0.4, 0.5) is 5.69 Å². The molecule has 1 heterocycles. The number of aromatic nitrogens is 3. The zero-order valence-corrected chi connectivity index (χ0v) is 15.4. The van der Waals surface area contributed by atoms with Gasteiger partial charge in [-0.25, -0.2) is 0 Å². The molecule has 1 amide bonds. The molecule has 0 aliphatic carbocycles. The maximum atomic E-state index is 12.3. The molecule has 3 aromatic rings. The van der Waals surface area contributed by atoms with Gasteiger partial charge < -0.3 is 5.32 Å². The van der Waals surface area contributed by atoms with Gasteiger partial charge in [-0.3, -0.25) is 4.79 Å². The summed E-state index contributed by atoms with van der Waals surface area (Å²) in [6.45, 7) is 9.78. The SMILES string of the molecule is CCc1ccc(-n2nc3cc(C)c(NC(=O)C(C)(C)C)cc3n2)cc1. The van der Waals surface area contributed by atoms with E-state index in [1.54, 1.807) is 4.80 Å². The Morgan fingerprint density at radius 3 is 2.24 bits per heavy atom. The molecule has 25 heavy (non-hydrogen) atoms. The highest BCUT2D eigenvalue weighted by molar-refractivity contribution is 5.97. The number of hydrogen-bond acceptors (Lipinski definition) is 3. The fourth-order valence-corrected chi connectivity index (χ4v) is 2.49. The number of rotatable bonds is 3. The number of hydrogen-bond donors (Lipinski definition) is 1. The largest absolute Gasteiger partial charge is 0.325 e. The average molecular weight is 336 g/mol. The lowest BCUT2D eigenvalue weighted by atomic mass is 9.95. The molecule has 0 fully saturated rings. The van der Waals surface area contributed by atoms with E-state index in [0.717, 1.165) is 34.4 Å². The highest BCUT2D eigenvalue weighted by Gasteiger charge is 2.22. The highest BCUT2D eigenvalue weighted by atomic mass is 16.2. The molecule has 3 rings (SSSR count). The van der Waals surface area contributed by atoms with Crippen molar-refractivity contribution in [3.8, 4) is 5.69 Å². The van der Waals surface area contributed by atoms with Crippen LogP contribution in [0, 0.1) is 12.3 Å². The van der Waals surface area contributed by atoms with Crippen LogP contribution in [0.5, 0.6) is 0 Å². The Bertz CT molecular complexity index is 917. The molecule has 5 heteroatoms. The number of carbonyl (C=O) groups is 1. The average Bonchev–Trinajstić information content (AvgIpc) is 2.97. The summed E-state index contributed by atoms with van der Waals surface area (Å²) in [6.07, 6.45) is 1.00. The molecule has 0 aliphatic heterocycles. The summed E-state index contributed by atoms with van der Waals surface area (Å²) >= 11 is 0. The van der Waals surface area contributed by atoms with Crippen LogP contribution in [-0.4, -0.2) is 20.9 Å². The molecule has 0 saturated carbocycles. The van der Waals surface area contributed by atoms with Crippen LogP contribution in [-0.2, 0) is 11.2 Å². The van der Waals surface area contributed by atoms with Crippen LogP contribution in [0.1, 0.15) is 38.8 Å². The van der Waals surface area contributed by atoms with Gasteiger partial charge in [0.1, 0.15) is 11.0 Å². The van der Waals surface area contributed by atoms with E-state index in [4.69, 9.17) is 0 Å². The quantitative estimate of drug-likeness (QED) is 0.777. The van der Waals surface area contributed by atoms with Crippen molar-refractivity contribution in [2.45, 2.75) is 41.0 Å². The molecule has 5 nitrogen and oxygen atoms in total. The summed E-state index contributed by atoms with van der Waals surface area (Å²) in [4.78, 5) is 13.9. The third-order valence-corrected chi connectivity index (χ3v) is 4.23. The number of carbonyl (C=O) groups excluding carboxylic acids is 1. The topological polar surface area (TPSA) is 59.8 Å². The molecule has 0 unspecified atom stereocenters. The minimum atomic E-state index is -0.444. The van der Waals surface area contributed by atoms with E-state index in [0.29, 0.717) is 0 Å². The van der Waals surface area contributed by atoms with Gasteiger partial charge in [-0.05, 0) is 48.7 Å². The maximum absolute atomic E-state index is 12.3. The Morgan fingerprint density at radius 1 is 1.08 bits per heavy atom. The Balaban J connectivity index is 1.96. The number of aryl methyl sites for hydroxylation is 2. The first kappa shape index (κ1) is 17.1. The smallest absolute Gasteiger partial charge is 0.229 e. The maximum Gasteiger partial charge on any atom is 0.229 e. The molecule has 0 radical (unpaired) electrons. The molecule has 0 spiro atoms. The van der Waals surface area contributed by atoms with Crippen molar-refractivity contribution in [2.75, 3.05) is 5.32 Å². The molecule has 1 aromatic heterocycles. The Labute approximate surface area is 148 Å². The molecule has 1 N–H and O–H groups in total. The summed E-state index contributed by atoms with van der Waals surface area (Å²) in [5, 5.41) is 12.1. The number of fused-ring (bicyclic) bond motifs is 1. The van der Waals surface area contributed by atoms with Crippen molar-refractivity contribution in [1.82, 2.24) is 15.0 Å². The molecular formula is C20H24N4O. The third kappa shape index (κ3) is 3.55. The van der Waals surface area contributed by atoms with Gasteiger partial charge in [0.05, 0.1) is 5.69 Å². The van der Waals surface area contributed by atoms with Crippen molar-refractivity contribution in [3.05, 3.63) is 47.5 Å². The summed E-state index contributed by atoms with van der Waals surface area (Å²) in [6, 6.07) is 12.1. The summed E-state index contributed by atoms with van der Waals surface area (Å²) in [5.41, 5.74) is 5.08. The number of benzene rings is 2. The van der Waals surface area contributed by atoms with Crippen LogP contribution in [0.2, 0.25) is 0 Å². The monoisotopic (exact) mass is 336 g/mol. The molecule has 0 atom stereocenters. The number of anilines is 1. The lowest BCUT2D eigenvalue weighted by molar-refractivity contribution is -0.123. The van der Waals surface area contributed by atoms with Gasteiger partial charge in [-0.1, -0.05) is 39.8 Å². The van der Waals surface area contributed by atoms with Crippen LogP contribution in [0.3, 0.4) is 0 Å². The number of nitrogens with zero attached hydrogens (tertiary/aromatic N) is 3. The van der Waals surface area contributed by atoms with Crippen LogP contribution in [0.15, 0.2) is 36.4 Å². The Kier molecular flexibility index (Phi) is 4.33. The summed E-state index contributed by atoms with van der Waals surface area (Å²) < 4.78 is 0. The van der Waals surface area contributed by atoms with Gasteiger partial charge in [0.2, 0.25) is 5.91 Å². The Morgan fingerprint density at radius 2 is 1.68 bits per heavy atom. The first-order chi connectivity index (χ1) is 11.8. The number of nitrogens with one attached hydrogen (secondary N) is 1. The predicted molar refractivity (Wildman–Crippen MR) is 101 cm³/mol. The van der Waals surface area contributed by atoms with Crippen LogP contribution < -0.4 is 5.32 Å². The second kappa shape index (κ2) is 6.31. The second-order valence-electron chi connectivity index (χ2n) is 7.37. The standard InChI is InChI=1S/C20H24N4O/c1-6-14-7-9-15(10-8-14)24-22-17-11-13(2)16(12-18(17)23-24)21-19(25)20(3,4)5/h7-12H,6H2,1-5H3,(H,21,25). The second-order valence-corrected chi connectivity index (χ2v) is 7.37. The molecule has 130 valence electrons. The minimum Gasteiger partial charge on any atom is -0.325 e. The van der Waals surface area contributed by atoms with Gasteiger partial charge in [0.25, 0.3) is 0 Å². The van der Waals surface area contributed by atoms with E-state index >= 15 is 0 Å². The van der Waals surface area contributed by atoms with E-state index in [9.17, 15) is 4.79 Å². The third-order valence-electron chi connectivity index (χ3n) is 4.23. The minimum absolute atomic E-state index is 0.0162. The molecule has 2 aromatic carbocycles. The zero-order chi connectivity index (χ0) is 18.2. The zero-order valence-electron chi connectivity index (χ0n) is 15.4. The van der Waals surface area contributed by atoms with Crippen molar-refractivity contribution in [1.29, 1.82) is 0 Å². The molecular weight excluding hydrogens is 312 g/mol. The van der Waals surface area contributed by atoms with E-state index in [-0.39, 0.29) is 5.91 Å². The van der Waals surface area contributed by atoms with E-state index in [1.165, 1.54) is 5.56 Å². The van der Waals surface area contributed by atoms with E-state index in [2.05, 4.69) is 34.6 Å². The van der Waals surface area contributed by atoms with E-state index < -0.39 is 5.41 Å². The fraction of sp³-hybridized carbons (Fsp3) is 0.350. The van der Waals surface area contributed by atoms with Gasteiger partial charge in [0.15, 0.2) is 0 Å².